The molecule has 1 unspecified atom stereocenters. The minimum atomic E-state index is -3.51. The van der Waals surface area contributed by atoms with E-state index < -0.39 is 10.0 Å². The summed E-state index contributed by atoms with van der Waals surface area (Å²) in [6.07, 6.45) is 1.52. The van der Waals surface area contributed by atoms with Gasteiger partial charge in [-0.15, -0.1) is 11.6 Å². The lowest BCUT2D eigenvalue weighted by Gasteiger charge is -2.15. The van der Waals surface area contributed by atoms with E-state index in [2.05, 4.69) is 4.72 Å². The molecule has 0 aliphatic carbocycles. The first-order valence-electron chi connectivity index (χ1n) is 6.60. The van der Waals surface area contributed by atoms with Crippen LogP contribution < -0.4 is 4.72 Å². The van der Waals surface area contributed by atoms with Gasteiger partial charge in [-0.05, 0) is 31.2 Å². The van der Waals surface area contributed by atoms with Crippen LogP contribution in [0.2, 0.25) is 0 Å². The molecular formula is C15H18ClNO2S. The Bertz CT molecular complexity index is 680. The average Bonchev–Trinajstić information content (AvgIpc) is 2.44. The van der Waals surface area contributed by atoms with Crippen molar-refractivity contribution in [3.05, 3.63) is 42.5 Å². The molecule has 1 N–H and O–H groups in total. The second-order valence-electron chi connectivity index (χ2n) is 4.83. The normalized spacial score (nSPS) is 13.5. The van der Waals surface area contributed by atoms with E-state index in [1.807, 2.05) is 37.3 Å². The highest BCUT2D eigenvalue weighted by Crippen LogP contribution is 2.23. The van der Waals surface area contributed by atoms with Crippen LogP contribution in [0, 0.1) is 0 Å². The summed E-state index contributed by atoms with van der Waals surface area (Å²) in [5.74, 6) is 0.542. The molecule has 3 nitrogen and oxygen atoms in total. The van der Waals surface area contributed by atoms with Crippen LogP contribution in [0.1, 0.15) is 19.8 Å². The zero-order valence-electron chi connectivity index (χ0n) is 11.3. The lowest BCUT2D eigenvalue weighted by molar-refractivity contribution is 0.545. The van der Waals surface area contributed by atoms with Crippen LogP contribution in [0.15, 0.2) is 47.4 Å². The van der Waals surface area contributed by atoms with Crippen LogP contribution >= 0.6 is 11.6 Å². The van der Waals surface area contributed by atoms with Gasteiger partial charge in [-0.3, -0.25) is 0 Å². The zero-order valence-corrected chi connectivity index (χ0v) is 12.9. The van der Waals surface area contributed by atoms with E-state index in [1.165, 1.54) is 0 Å². The molecule has 0 amide bonds. The third kappa shape index (κ3) is 3.51. The Balaban J connectivity index is 2.32. The molecule has 20 heavy (non-hydrogen) atoms. The lowest BCUT2D eigenvalue weighted by atomic mass is 10.1. The van der Waals surface area contributed by atoms with Gasteiger partial charge in [0.25, 0.3) is 0 Å². The molecule has 2 aromatic rings. The summed E-state index contributed by atoms with van der Waals surface area (Å²) < 4.78 is 27.7. The molecule has 1 atom stereocenters. The first kappa shape index (κ1) is 15.3. The van der Waals surface area contributed by atoms with Gasteiger partial charge in [0.2, 0.25) is 10.0 Å². The minimum absolute atomic E-state index is 0.127. The van der Waals surface area contributed by atoms with Gasteiger partial charge in [0.15, 0.2) is 0 Å². The predicted molar refractivity (Wildman–Crippen MR) is 83.7 cm³/mol. The standard InChI is InChI=1S/C15H18ClNO2S/c1-12(6-5-11-16)17-20(18,19)15-10-4-8-13-7-2-3-9-14(13)15/h2-4,7-10,12,17H,5-6,11H2,1H3. The van der Waals surface area contributed by atoms with E-state index in [-0.39, 0.29) is 6.04 Å². The van der Waals surface area contributed by atoms with E-state index >= 15 is 0 Å². The Morgan fingerprint density at radius 1 is 1.15 bits per heavy atom. The zero-order chi connectivity index (χ0) is 14.6. The molecule has 0 heterocycles. The molecule has 0 fully saturated rings. The number of alkyl halides is 1. The van der Waals surface area contributed by atoms with E-state index in [0.29, 0.717) is 10.8 Å². The van der Waals surface area contributed by atoms with E-state index in [4.69, 9.17) is 11.6 Å². The fourth-order valence-electron chi connectivity index (χ4n) is 2.20. The van der Waals surface area contributed by atoms with Crippen LogP contribution in [0.25, 0.3) is 10.8 Å². The van der Waals surface area contributed by atoms with Crippen molar-refractivity contribution in [2.75, 3.05) is 5.88 Å². The number of hydrogen-bond acceptors (Lipinski definition) is 2. The molecular weight excluding hydrogens is 294 g/mol. The number of nitrogens with one attached hydrogen (secondary N) is 1. The summed E-state index contributed by atoms with van der Waals surface area (Å²) in [5.41, 5.74) is 0. The van der Waals surface area contributed by atoms with Gasteiger partial charge in [-0.2, -0.15) is 0 Å². The summed E-state index contributed by atoms with van der Waals surface area (Å²) in [7, 11) is -3.51. The summed E-state index contributed by atoms with van der Waals surface area (Å²) in [4.78, 5) is 0.327. The number of benzene rings is 2. The second kappa shape index (κ2) is 6.57. The number of hydrogen-bond donors (Lipinski definition) is 1. The van der Waals surface area contributed by atoms with Gasteiger partial charge in [0, 0.05) is 17.3 Å². The van der Waals surface area contributed by atoms with Crippen molar-refractivity contribution < 1.29 is 8.42 Å². The van der Waals surface area contributed by atoms with Crippen LogP contribution in [-0.2, 0) is 10.0 Å². The molecule has 5 heteroatoms. The Hall–Kier alpha value is -1.10. The lowest BCUT2D eigenvalue weighted by Crippen LogP contribution is -2.32. The highest BCUT2D eigenvalue weighted by molar-refractivity contribution is 7.89. The van der Waals surface area contributed by atoms with Crippen molar-refractivity contribution in [1.82, 2.24) is 4.72 Å². The van der Waals surface area contributed by atoms with Crippen LogP contribution in [0.3, 0.4) is 0 Å². The summed E-state index contributed by atoms with van der Waals surface area (Å²) in [6.45, 7) is 1.86. The topological polar surface area (TPSA) is 46.2 Å². The highest BCUT2D eigenvalue weighted by Gasteiger charge is 2.19. The number of sulfonamides is 1. The highest BCUT2D eigenvalue weighted by atomic mass is 35.5. The first-order valence-corrected chi connectivity index (χ1v) is 8.62. The molecule has 0 spiro atoms. The van der Waals surface area contributed by atoms with Crippen LogP contribution in [0.4, 0.5) is 0 Å². The Kier molecular flexibility index (Phi) is 5.02. The molecule has 2 aromatic carbocycles. The maximum atomic E-state index is 12.5. The van der Waals surface area contributed by atoms with E-state index in [0.717, 1.165) is 23.6 Å². The quantitative estimate of drug-likeness (QED) is 0.830. The van der Waals surface area contributed by atoms with Crippen molar-refractivity contribution >= 4 is 32.4 Å². The van der Waals surface area contributed by atoms with Crippen LogP contribution in [0.5, 0.6) is 0 Å². The first-order chi connectivity index (χ1) is 9.54. The summed E-state index contributed by atoms with van der Waals surface area (Å²) in [5, 5.41) is 1.66. The minimum Gasteiger partial charge on any atom is -0.208 e. The van der Waals surface area contributed by atoms with Gasteiger partial charge in [0.05, 0.1) is 4.90 Å². The average molecular weight is 312 g/mol. The molecule has 0 aliphatic rings. The Morgan fingerprint density at radius 3 is 2.60 bits per heavy atom. The van der Waals surface area contributed by atoms with Gasteiger partial charge in [-0.1, -0.05) is 36.4 Å². The monoisotopic (exact) mass is 311 g/mol. The SMILES string of the molecule is CC(CCCCl)NS(=O)(=O)c1cccc2ccccc12. The largest absolute Gasteiger partial charge is 0.241 e. The Morgan fingerprint density at radius 2 is 1.85 bits per heavy atom. The third-order valence-electron chi connectivity index (χ3n) is 3.17. The second-order valence-corrected chi connectivity index (χ2v) is 6.89. The molecule has 0 saturated carbocycles. The Labute approximate surface area is 125 Å². The van der Waals surface area contributed by atoms with E-state index in [1.54, 1.807) is 12.1 Å². The fraction of sp³-hybridized carbons (Fsp3) is 0.333. The molecule has 2 rings (SSSR count). The molecule has 0 aromatic heterocycles. The molecule has 0 radical (unpaired) electrons. The smallest absolute Gasteiger partial charge is 0.208 e. The van der Waals surface area contributed by atoms with Gasteiger partial charge in [-0.25, -0.2) is 13.1 Å². The van der Waals surface area contributed by atoms with Crippen molar-refractivity contribution in [1.29, 1.82) is 0 Å². The van der Waals surface area contributed by atoms with Crippen molar-refractivity contribution in [2.24, 2.45) is 0 Å². The van der Waals surface area contributed by atoms with E-state index in [9.17, 15) is 8.42 Å². The van der Waals surface area contributed by atoms with Crippen molar-refractivity contribution in [2.45, 2.75) is 30.7 Å². The van der Waals surface area contributed by atoms with Crippen molar-refractivity contribution in [3.8, 4) is 0 Å². The van der Waals surface area contributed by atoms with Gasteiger partial charge >= 0.3 is 0 Å². The molecule has 0 bridgehead atoms. The fourth-order valence-corrected chi connectivity index (χ4v) is 3.86. The maximum absolute atomic E-state index is 12.5. The van der Waals surface area contributed by atoms with Crippen LogP contribution in [-0.4, -0.2) is 20.3 Å². The van der Waals surface area contributed by atoms with Gasteiger partial charge < -0.3 is 0 Å². The third-order valence-corrected chi connectivity index (χ3v) is 5.08. The maximum Gasteiger partial charge on any atom is 0.241 e. The summed E-state index contributed by atoms with van der Waals surface area (Å²) in [6, 6.07) is 12.7. The number of halogens is 1. The predicted octanol–water partition coefficient (Wildman–Crippen LogP) is 3.53. The molecule has 108 valence electrons. The van der Waals surface area contributed by atoms with Gasteiger partial charge in [0.1, 0.15) is 0 Å². The summed E-state index contributed by atoms with van der Waals surface area (Å²) >= 11 is 5.63. The number of fused-ring (bicyclic) bond motifs is 1. The molecule has 0 saturated heterocycles. The number of rotatable bonds is 6. The molecule has 0 aliphatic heterocycles. The van der Waals surface area contributed by atoms with Crippen molar-refractivity contribution in [3.63, 3.8) is 0 Å².